The molecule has 1 unspecified atom stereocenters. The molecule has 0 amide bonds. The molecule has 0 bridgehead atoms. The fraction of sp³-hybridized carbons (Fsp3) is 0.250. The quantitative estimate of drug-likeness (QED) is 0.834. The van der Waals surface area contributed by atoms with Crippen LogP contribution < -0.4 is 4.90 Å². The largest absolute Gasteiger partial charge is 0.348 e. The predicted molar refractivity (Wildman–Crippen MR) is 82.5 cm³/mol. The Morgan fingerprint density at radius 1 is 1.05 bits per heavy atom. The molecule has 20 heavy (non-hydrogen) atoms. The van der Waals surface area contributed by atoms with Crippen molar-refractivity contribution in [3.8, 4) is 0 Å². The summed E-state index contributed by atoms with van der Waals surface area (Å²) in [5.74, 6) is -1.55. The highest BCUT2D eigenvalue weighted by atomic mass is 32.2. The van der Waals surface area contributed by atoms with Crippen molar-refractivity contribution in [2.45, 2.75) is 18.2 Å². The van der Waals surface area contributed by atoms with Crippen LogP contribution in [0.2, 0.25) is 0 Å². The number of anilines is 1. The first-order valence-corrected chi connectivity index (χ1v) is 7.60. The zero-order valence-corrected chi connectivity index (χ0v) is 12.0. The summed E-state index contributed by atoms with van der Waals surface area (Å²) >= 11 is 1.54. The van der Waals surface area contributed by atoms with Gasteiger partial charge in [0.2, 0.25) is 0 Å². The van der Waals surface area contributed by atoms with Gasteiger partial charge < -0.3 is 15.1 Å². The Bertz CT molecular complexity index is 583. The molecule has 2 N–H and O–H groups in total. The maximum atomic E-state index is 10.3. The first-order valence-electron chi connectivity index (χ1n) is 6.55. The lowest BCUT2D eigenvalue weighted by atomic mass is 10.1. The zero-order valence-electron chi connectivity index (χ0n) is 11.2. The Morgan fingerprint density at radius 2 is 1.70 bits per heavy atom. The van der Waals surface area contributed by atoms with Crippen LogP contribution in [0.3, 0.4) is 0 Å². The highest BCUT2D eigenvalue weighted by Crippen LogP contribution is 2.46. The lowest BCUT2D eigenvalue weighted by Crippen LogP contribution is -2.46. The second-order valence-corrected chi connectivity index (χ2v) is 6.12. The third kappa shape index (κ3) is 2.42. The van der Waals surface area contributed by atoms with Crippen LogP contribution >= 0.6 is 11.8 Å². The number of thioether (sulfide) groups is 1. The molecule has 1 fully saturated rings. The number of benzene rings is 2. The van der Waals surface area contributed by atoms with E-state index >= 15 is 0 Å². The van der Waals surface area contributed by atoms with E-state index in [4.69, 9.17) is 0 Å². The number of rotatable bonds is 2. The molecule has 1 heterocycles. The van der Waals surface area contributed by atoms with E-state index in [-0.39, 0.29) is 11.1 Å². The van der Waals surface area contributed by atoms with Crippen molar-refractivity contribution in [1.82, 2.24) is 0 Å². The summed E-state index contributed by atoms with van der Waals surface area (Å²) < 4.78 is 0. The minimum atomic E-state index is -1.82. The van der Waals surface area contributed by atoms with Crippen molar-refractivity contribution in [2.24, 2.45) is 0 Å². The van der Waals surface area contributed by atoms with Gasteiger partial charge >= 0.3 is 0 Å². The van der Waals surface area contributed by atoms with Gasteiger partial charge in [-0.2, -0.15) is 0 Å². The summed E-state index contributed by atoms with van der Waals surface area (Å²) in [4.78, 5) is 1.67. The zero-order chi connectivity index (χ0) is 14.2. The average molecular weight is 287 g/mol. The molecule has 0 aliphatic carbocycles. The van der Waals surface area contributed by atoms with Gasteiger partial charge in [-0.15, -0.1) is 11.8 Å². The van der Waals surface area contributed by atoms with Gasteiger partial charge in [0.1, 0.15) is 5.37 Å². The second-order valence-electron chi connectivity index (χ2n) is 5.05. The highest BCUT2D eigenvalue weighted by Gasteiger charge is 2.45. The molecule has 1 saturated heterocycles. The molecular weight excluding hydrogens is 270 g/mol. The van der Waals surface area contributed by atoms with Crippen molar-refractivity contribution >= 4 is 17.4 Å². The molecule has 3 nitrogen and oxygen atoms in total. The molecule has 1 aliphatic rings. The van der Waals surface area contributed by atoms with Gasteiger partial charge in [0.25, 0.3) is 5.91 Å². The Kier molecular flexibility index (Phi) is 3.46. The fourth-order valence-electron chi connectivity index (χ4n) is 2.43. The van der Waals surface area contributed by atoms with Crippen LogP contribution in [0.25, 0.3) is 0 Å². The standard InChI is InChI=1S/C16H17NO2S/c1-12-7-9-14(10-8-12)17-15(20-11-16(17,18)19)13-5-3-2-4-6-13/h2-10,15,18-19H,11H2,1H3. The van der Waals surface area contributed by atoms with Gasteiger partial charge in [0.05, 0.1) is 5.75 Å². The molecule has 0 saturated carbocycles. The highest BCUT2D eigenvalue weighted by molar-refractivity contribution is 8.00. The maximum absolute atomic E-state index is 10.3. The lowest BCUT2D eigenvalue weighted by Gasteiger charge is -2.34. The molecule has 2 aromatic rings. The molecule has 104 valence electrons. The van der Waals surface area contributed by atoms with E-state index in [2.05, 4.69) is 0 Å². The smallest absolute Gasteiger partial charge is 0.257 e. The van der Waals surface area contributed by atoms with Crippen molar-refractivity contribution in [1.29, 1.82) is 0 Å². The van der Waals surface area contributed by atoms with E-state index in [1.807, 2.05) is 61.5 Å². The minimum absolute atomic E-state index is 0.0890. The monoisotopic (exact) mass is 287 g/mol. The van der Waals surface area contributed by atoms with Gasteiger partial charge in [0.15, 0.2) is 0 Å². The first kappa shape index (κ1) is 13.5. The summed E-state index contributed by atoms with van der Waals surface area (Å²) in [6.45, 7) is 2.02. The third-order valence-corrected chi connectivity index (χ3v) is 4.80. The maximum Gasteiger partial charge on any atom is 0.257 e. The molecule has 1 atom stereocenters. The van der Waals surface area contributed by atoms with E-state index in [1.165, 1.54) is 11.8 Å². The Balaban J connectivity index is 2.01. The number of aryl methyl sites for hydroxylation is 1. The molecule has 4 heteroatoms. The lowest BCUT2D eigenvalue weighted by molar-refractivity contribution is -0.136. The Labute approximate surface area is 122 Å². The summed E-state index contributed by atoms with van der Waals surface area (Å²) in [5, 5.41) is 20.4. The number of nitrogens with zero attached hydrogens (tertiary/aromatic N) is 1. The Hall–Kier alpha value is -1.49. The van der Waals surface area contributed by atoms with Crippen LogP contribution in [0, 0.1) is 6.92 Å². The summed E-state index contributed by atoms with van der Waals surface area (Å²) in [6, 6.07) is 17.8. The average Bonchev–Trinajstić information content (AvgIpc) is 2.76. The molecule has 2 aromatic carbocycles. The molecule has 0 spiro atoms. The molecular formula is C16H17NO2S. The van der Waals surface area contributed by atoms with Gasteiger partial charge in [0, 0.05) is 5.69 Å². The number of aliphatic hydroxyl groups is 2. The van der Waals surface area contributed by atoms with E-state index in [9.17, 15) is 10.2 Å². The molecule has 0 radical (unpaired) electrons. The first-order chi connectivity index (χ1) is 9.58. The van der Waals surface area contributed by atoms with E-state index in [1.54, 1.807) is 4.90 Å². The second kappa shape index (κ2) is 5.13. The summed E-state index contributed by atoms with van der Waals surface area (Å²) in [7, 11) is 0. The van der Waals surface area contributed by atoms with Crippen LogP contribution in [0.5, 0.6) is 0 Å². The third-order valence-electron chi connectivity index (χ3n) is 3.45. The van der Waals surface area contributed by atoms with Crippen LogP contribution in [0.4, 0.5) is 5.69 Å². The van der Waals surface area contributed by atoms with Crippen molar-refractivity contribution in [3.05, 3.63) is 65.7 Å². The van der Waals surface area contributed by atoms with Crippen LogP contribution in [0.1, 0.15) is 16.5 Å². The fourth-order valence-corrected chi connectivity index (χ4v) is 3.74. The van der Waals surface area contributed by atoms with E-state index < -0.39 is 5.91 Å². The van der Waals surface area contributed by atoms with Gasteiger partial charge in [-0.25, -0.2) is 0 Å². The summed E-state index contributed by atoms with van der Waals surface area (Å²) in [6.07, 6.45) is 0. The molecule has 1 aliphatic heterocycles. The topological polar surface area (TPSA) is 43.7 Å². The SMILES string of the molecule is Cc1ccc(N2C(c3ccccc3)SCC2(O)O)cc1. The van der Waals surface area contributed by atoms with Gasteiger partial charge in [-0.05, 0) is 24.6 Å². The number of hydrogen-bond donors (Lipinski definition) is 2. The normalized spacial score (nSPS) is 21.1. The van der Waals surface area contributed by atoms with Crippen LogP contribution in [-0.2, 0) is 0 Å². The summed E-state index contributed by atoms with van der Waals surface area (Å²) in [5.41, 5.74) is 3.04. The van der Waals surface area contributed by atoms with Crippen LogP contribution in [0.15, 0.2) is 54.6 Å². The van der Waals surface area contributed by atoms with E-state index in [0.29, 0.717) is 0 Å². The predicted octanol–water partition coefficient (Wildman–Crippen LogP) is 2.89. The van der Waals surface area contributed by atoms with Gasteiger partial charge in [-0.1, -0.05) is 48.0 Å². The van der Waals surface area contributed by atoms with Crippen molar-refractivity contribution in [3.63, 3.8) is 0 Å². The minimum Gasteiger partial charge on any atom is -0.348 e. The van der Waals surface area contributed by atoms with Gasteiger partial charge in [-0.3, -0.25) is 0 Å². The van der Waals surface area contributed by atoms with Crippen molar-refractivity contribution < 1.29 is 10.2 Å². The molecule has 3 rings (SSSR count). The van der Waals surface area contributed by atoms with E-state index in [0.717, 1.165) is 16.8 Å². The molecule has 0 aromatic heterocycles. The van der Waals surface area contributed by atoms with Crippen LogP contribution in [-0.4, -0.2) is 21.9 Å². The van der Waals surface area contributed by atoms with Crippen molar-refractivity contribution in [2.75, 3.05) is 10.7 Å². The Morgan fingerprint density at radius 3 is 2.35 bits per heavy atom. The number of hydrogen-bond acceptors (Lipinski definition) is 4.